The minimum absolute atomic E-state index is 0.0787. The number of ether oxygens (including phenoxy) is 3. The van der Waals surface area contributed by atoms with Crippen LogP contribution in [0.15, 0.2) is 34.9 Å². The van der Waals surface area contributed by atoms with Crippen LogP contribution in [0.4, 0.5) is 0 Å². The smallest absolute Gasteiger partial charge is 0.224 e. The van der Waals surface area contributed by atoms with Crippen LogP contribution in [0, 0.1) is 0 Å². The third-order valence-electron chi connectivity index (χ3n) is 5.48. The van der Waals surface area contributed by atoms with Gasteiger partial charge in [-0.2, -0.15) is 0 Å². The van der Waals surface area contributed by atoms with E-state index in [-0.39, 0.29) is 12.3 Å². The van der Waals surface area contributed by atoms with E-state index in [2.05, 4.69) is 17.4 Å². The molecule has 6 heteroatoms. The van der Waals surface area contributed by atoms with Gasteiger partial charge in [0.1, 0.15) is 11.3 Å². The van der Waals surface area contributed by atoms with E-state index in [4.69, 9.17) is 18.6 Å². The third-order valence-corrected chi connectivity index (χ3v) is 5.48. The summed E-state index contributed by atoms with van der Waals surface area (Å²) in [5.74, 6) is 1.72. The standard InChI is InChI=1S/C23H25NO5/c1-26-19-11-22(28-3)21(27-2)9-16(19)12-24-23(25)10-17-13-29-20-8-15-6-4-5-14(15)7-18(17)20/h7-9,11,13H,4-6,10,12H2,1-3H3,(H,24,25). The first kappa shape index (κ1) is 19.2. The van der Waals surface area contributed by atoms with Gasteiger partial charge in [-0.05, 0) is 48.6 Å². The molecule has 0 aliphatic heterocycles. The topological polar surface area (TPSA) is 69.9 Å². The number of hydrogen-bond acceptors (Lipinski definition) is 5. The molecule has 1 amide bonds. The Morgan fingerprint density at radius 2 is 1.62 bits per heavy atom. The van der Waals surface area contributed by atoms with Crippen molar-refractivity contribution in [1.29, 1.82) is 0 Å². The molecule has 2 aromatic carbocycles. The number of amides is 1. The highest BCUT2D eigenvalue weighted by Gasteiger charge is 2.17. The van der Waals surface area contributed by atoms with Crippen molar-refractivity contribution in [3.05, 3.63) is 52.8 Å². The number of methoxy groups -OCH3 is 3. The highest BCUT2D eigenvalue weighted by atomic mass is 16.5. The summed E-state index contributed by atoms with van der Waals surface area (Å²) in [6.45, 7) is 0.327. The van der Waals surface area contributed by atoms with Gasteiger partial charge in [0.05, 0.1) is 34.0 Å². The van der Waals surface area contributed by atoms with E-state index >= 15 is 0 Å². The highest BCUT2D eigenvalue weighted by molar-refractivity contribution is 5.88. The van der Waals surface area contributed by atoms with Crippen LogP contribution in [-0.2, 0) is 30.6 Å². The van der Waals surface area contributed by atoms with Crippen molar-refractivity contribution in [3.8, 4) is 17.2 Å². The number of aryl methyl sites for hydroxylation is 2. The molecular weight excluding hydrogens is 370 g/mol. The molecule has 6 nitrogen and oxygen atoms in total. The molecule has 1 aliphatic rings. The number of carbonyl (C=O) groups is 1. The number of hydrogen-bond donors (Lipinski definition) is 1. The van der Waals surface area contributed by atoms with Crippen LogP contribution in [0.2, 0.25) is 0 Å². The molecule has 3 aromatic rings. The Balaban J connectivity index is 1.48. The number of rotatable bonds is 7. The van der Waals surface area contributed by atoms with Gasteiger partial charge < -0.3 is 23.9 Å². The van der Waals surface area contributed by atoms with E-state index in [1.165, 1.54) is 17.5 Å². The number of fused-ring (bicyclic) bond motifs is 2. The maximum Gasteiger partial charge on any atom is 0.224 e. The molecule has 0 saturated carbocycles. The summed E-state index contributed by atoms with van der Waals surface area (Å²) in [7, 11) is 4.74. The van der Waals surface area contributed by atoms with Crippen LogP contribution < -0.4 is 19.5 Å². The first-order valence-electron chi connectivity index (χ1n) is 9.70. The van der Waals surface area contributed by atoms with E-state index < -0.39 is 0 Å². The molecule has 1 N–H and O–H groups in total. The fraction of sp³-hybridized carbons (Fsp3) is 0.348. The average molecular weight is 395 g/mol. The molecule has 29 heavy (non-hydrogen) atoms. The first-order chi connectivity index (χ1) is 14.1. The Morgan fingerprint density at radius 1 is 0.931 bits per heavy atom. The highest BCUT2D eigenvalue weighted by Crippen LogP contribution is 2.34. The number of carbonyl (C=O) groups excluding carboxylic acids is 1. The van der Waals surface area contributed by atoms with E-state index in [9.17, 15) is 4.79 Å². The molecule has 0 saturated heterocycles. The molecule has 0 atom stereocenters. The second-order valence-electron chi connectivity index (χ2n) is 7.20. The predicted molar refractivity (Wildman–Crippen MR) is 110 cm³/mol. The quantitative estimate of drug-likeness (QED) is 0.659. The molecule has 0 spiro atoms. The Hall–Kier alpha value is -3.15. The van der Waals surface area contributed by atoms with Crippen molar-refractivity contribution in [2.24, 2.45) is 0 Å². The molecule has 0 fully saturated rings. The van der Waals surface area contributed by atoms with Gasteiger partial charge in [0, 0.05) is 29.1 Å². The Labute approximate surface area is 169 Å². The Bertz CT molecular complexity index is 1050. The fourth-order valence-electron chi connectivity index (χ4n) is 3.94. The van der Waals surface area contributed by atoms with Crippen molar-refractivity contribution in [3.63, 3.8) is 0 Å². The van der Waals surface area contributed by atoms with Crippen LogP contribution >= 0.6 is 0 Å². The van der Waals surface area contributed by atoms with Gasteiger partial charge in [0.15, 0.2) is 11.5 Å². The zero-order valence-electron chi connectivity index (χ0n) is 17.0. The van der Waals surface area contributed by atoms with Gasteiger partial charge in [-0.25, -0.2) is 0 Å². The zero-order chi connectivity index (χ0) is 20.4. The van der Waals surface area contributed by atoms with Crippen molar-refractivity contribution in [2.45, 2.75) is 32.2 Å². The lowest BCUT2D eigenvalue weighted by atomic mass is 10.0. The lowest BCUT2D eigenvalue weighted by molar-refractivity contribution is -0.120. The molecule has 1 aromatic heterocycles. The summed E-state index contributed by atoms with van der Waals surface area (Å²) in [6, 6.07) is 7.87. The number of nitrogens with one attached hydrogen (secondary N) is 1. The summed E-state index contributed by atoms with van der Waals surface area (Å²) in [4.78, 5) is 12.6. The van der Waals surface area contributed by atoms with Crippen LogP contribution in [-0.4, -0.2) is 27.2 Å². The summed E-state index contributed by atoms with van der Waals surface area (Å²) >= 11 is 0. The van der Waals surface area contributed by atoms with E-state index in [0.29, 0.717) is 23.8 Å². The molecule has 1 aliphatic carbocycles. The van der Waals surface area contributed by atoms with Crippen LogP contribution in [0.1, 0.15) is 28.7 Å². The largest absolute Gasteiger partial charge is 0.496 e. The maximum absolute atomic E-state index is 12.6. The second kappa shape index (κ2) is 8.07. The van der Waals surface area contributed by atoms with Crippen molar-refractivity contribution >= 4 is 16.9 Å². The number of benzene rings is 2. The molecule has 0 unspecified atom stereocenters. The average Bonchev–Trinajstić information content (AvgIpc) is 3.36. The van der Waals surface area contributed by atoms with Crippen molar-refractivity contribution < 1.29 is 23.4 Å². The van der Waals surface area contributed by atoms with Gasteiger partial charge >= 0.3 is 0 Å². The van der Waals surface area contributed by atoms with Gasteiger partial charge in [0.2, 0.25) is 5.91 Å². The summed E-state index contributed by atoms with van der Waals surface area (Å²) in [5, 5.41) is 3.99. The maximum atomic E-state index is 12.6. The zero-order valence-corrected chi connectivity index (χ0v) is 17.0. The summed E-state index contributed by atoms with van der Waals surface area (Å²) in [6.07, 6.45) is 5.35. The Morgan fingerprint density at radius 3 is 2.34 bits per heavy atom. The molecule has 4 rings (SSSR count). The lowest BCUT2D eigenvalue weighted by Gasteiger charge is -2.14. The van der Waals surface area contributed by atoms with Crippen LogP contribution in [0.3, 0.4) is 0 Å². The predicted octanol–water partition coefficient (Wildman–Crippen LogP) is 3.81. The third kappa shape index (κ3) is 3.75. The second-order valence-corrected chi connectivity index (χ2v) is 7.20. The number of furan rings is 1. The summed E-state index contributed by atoms with van der Waals surface area (Å²) in [5.41, 5.74) is 5.31. The van der Waals surface area contributed by atoms with Crippen molar-refractivity contribution in [1.82, 2.24) is 5.32 Å². The molecule has 0 radical (unpaired) electrons. The van der Waals surface area contributed by atoms with E-state index in [1.807, 2.05) is 6.07 Å². The Kier molecular flexibility index (Phi) is 5.34. The van der Waals surface area contributed by atoms with Gasteiger partial charge in [-0.15, -0.1) is 0 Å². The normalized spacial score (nSPS) is 12.7. The SMILES string of the molecule is COc1cc(OC)c(OC)cc1CNC(=O)Cc1coc2cc3c(cc12)CCC3. The van der Waals surface area contributed by atoms with Crippen molar-refractivity contribution in [2.75, 3.05) is 21.3 Å². The van der Waals surface area contributed by atoms with Gasteiger partial charge in [0.25, 0.3) is 0 Å². The van der Waals surface area contributed by atoms with Crippen LogP contribution in [0.25, 0.3) is 11.0 Å². The fourth-order valence-corrected chi connectivity index (χ4v) is 3.94. The minimum Gasteiger partial charge on any atom is -0.496 e. The molecular formula is C23H25NO5. The van der Waals surface area contributed by atoms with Crippen LogP contribution in [0.5, 0.6) is 17.2 Å². The first-order valence-corrected chi connectivity index (χ1v) is 9.70. The monoisotopic (exact) mass is 395 g/mol. The van der Waals surface area contributed by atoms with E-state index in [1.54, 1.807) is 33.7 Å². The molecule has 152 valence electrons. The minimum atomic E-state index is -0.0787. The lowest BCUT2D eigenvalue weighted by Crippen LogP contribution is -2.24. The van der Waals surface area contributed by atoms with Gasteiger partial charge in [-0.1, -0.05) is 0 Å². The van der Waals surface area contributed by atoms with E-state index in [0.717, 1.165) is 34.9 Å². The molecule has 0 bridgehead atoms. The summed E-state index contributed by atoms with van der Waals surface area (Å²) < 4.78 is 21.8. The molecule has 1 heterocycles. The van der Waals surface area contributed by atoms with Gasteiger partial charge in [-0.3, -0.25) is 4.79 Å².